The second kappa shape index (κ2) is 6.99. The molecule has 1 saturated heterocycles. The number of para-hydroxylation sites is 1. The van der Waals surface area contributed by atoms with E-state index in [0.29, 0.717) is 6.42 Å². The minimum atomic E-state index is -4.37. The Balaban J connectivity index is 1.90. The van der Waals surface area contributed by atoms with Crippen molar-refractivity contribution < 1.29 is 22.8 Å². The Morgan fingerprint density at radius 2 is 1.96 bits per heavy atom. The zero-order chi connectivity index (χ0) is 17.0. The predicted molar refractivity (Wildman–Crippen MR) is 78.9 cm³/mol. The highest BCUT2D eigenvalue weighted by molar-refractivity contribution is 6.02. The molecule has 2 rings (SSSR count). The van der Waals surface area contributed by atoms with Crippen LogP contribution >= 0.6 is 0 Å². The predicted octanol–water partition coefficient (Wildman–Crippen LogP) is 1.45. The van der Waals surface area contributed by atoms with Crippen LogP contribution in [0, 0.1) is 0 Å². The Bertz CT molecular complexity index is 563. The maximum Gasteiger partial charge on any atom is 0.401 e. The number of amides is 2. The van der Waals surface area contributed by atoms with Gasteiger partial charge in [0.05, 0.1) is 13.1 Å². The summed E-state index contributed by atoms with van der Waals surface area (Å²) < 4.78 is 36.0. The first kappa shape index (κ1) is 17.3. The van der Waals surface area contributed by atoms with Gasteiger partial charge in [0, 0.05) is 11.7 Å². The van der Waals surface area contributed by atoms with Crippen molar-refractivity contribution in [1.82, 2.24) is 10.6 Å². The number of alkyl halides is 3. The molecular formula is C15H18F3N3O2. The molecule has 0 unspecified atom stereocenters. The minimum absolute atomic E-state index is 0.0988. The van der Waals surface area contributed by atoms with Crippen molar-refractivity contribution in [3.8, 4) is 0 Å². The SMILES string of the molecule is C[C@H]1C[C@H](NC(=O)CNCC(F)(F)F)C(=O)N1c1ccccc1. The molecule has 1 aliphatic heterocycles. The number of benzene rings is 1. The summed E-state index contributed by atoms with van der Waals surface area (Å²) in [4.78, 5) is 25.7. The van der Waals surface area contributed by atoms with E-state index in [-0.39, 0.29) is 11.9 Å². The normalized spacial score (nSPS) is 21.6. The van der Waals surface area contributed by atoms with Crippen LogP contribution in [0.25, 0.3) is 0 Å². The van der Waals surface area contributed by atoms with Gasteiger partial charge in [-0.2, -0.15) is 13.2 Å². The van der Waals surface area contributed by atoms with Crippen LogP contribution in [0.5, 0.6) is 0 Å². The molecule has 2 amide bonds. The van der Waals surface area contributed by atoms with Gasteiger partial charge >= 0.3 is 6.18 Å². The summed E-state index contributed by atoms with van der Waals surface area (Å²) in [7, 11) is 0. The van der Waals surface area contributed by atoms with Crippen LogP contribution in [0.1, 0.15) is 13.3 Å². The van der Waals surface area contributed by atoms with Crippen molar-refractivity contribution >= 4 is 17.5 Å². The van der Waals surface area contributed by atoms with Crippen molar-refractivity contribution in [2.24, 2.45) is 0 Å². The van der Waals surface area contributed by atoms with E-state index in [9.17, 15) is 22.8 Å². The highest BCUT2D eigenvalue weighted by Crippen LogP contribution is 2.26. The van der Waals surface area contributed by atoms with Gasteiger partial charge in [0.15, 0.2) is 0 Å². The zero-order valence-corrected chi connectivity index (χ0v) is 12.6. The third kappa shape index (κ3) is 4.69. The molecular weight excluding hydrogens is 311 g/mol. The Morgan fingerprint density at radius 1 is 1.30 bits per heavy atom. The summed E-state index contributed by atoms with van der Waals surface area (Å²) >= 11 is 0. The minimum Gasteiger partial charge on any atom is -0.343 e. The molecule has 5 nitrogen and oxygen atoms in total. The van der Waals surface area contributed by atoms with E-state index in [2.05, 4.69) is 5.32 Å². The third-order valence-electron chi connectivity index (χ3n) is 3.53. The van der Waals surface area contributed by atoms with Crippen LogP contribution < -0.4 is 15.5 Å². The van der Waals surface area contributed by atoms with Crippen molar-refractivity contribution in [2.45, 2.75) is 31.6 Å². The average molecular weight is 329 g/mol. The summed E-state index contributed by atoms with van der Waals surface area (Å²) in [5.41, 5.74) is 0.733. The fraction of sp³-hybridized carbons (Fsp3) is 0.467. The average Bonchev–Trinajstić information content (AvgIpc) is 2.73. The first-order valence-electron chi connectivity index (χ1n) is 7.23. The Kier molecular flexibility index (Phi) is 5.25. The molecule has 1 aliphatic rings. The van der Waals surface area contributed by atoms with Crippen molar-refractivity contribution in [3.63, 3.8) is 0 Å². The Hall–Kier alpha value is -2.09. The van der Waals surface area contributed by atoms with Gasteiger partial charge in [-0.25, -0.2) is 0 Å². The van der Waals surface area contributed by atoms with Crippen LogP contribution in [0.4, 0.5) is 18.9 Å². The number of hydrogen-bond acceptors (Lipinski definition) is 3. The number of rotatable bonds is 5. The van der Waals surface area contributed by atoms with Crippen LogP contribution in [0.15, 0.2) is 30.3 Å². The molecule has 2 atom stereocenters. The number of carbonyl (C=O) groups excluding carboxylic acids is 2. The van der Waals surface area contributed by atoms with Crippen molar-refractivity contribution in [3.05, 3.63) is 30.3 Å². The van der Waals surface area contributed by atoms with Crippen LogP contribution in [0.3, 0.4) is 0 Å². The number of halogens is 3. The molecule has 1 heterocycles. The molecule has 0 radical (unpaired) electrons. The van der Waals surface area contributed by atoms with Gasteiger partial charge in [0.1, 0.15) is 6.04 Å². The van der Waals surface area contributed by atoms with E-state index in [1.165, 1.54) is 0 Å². The molecule has 1 fully saturated rings. The van der Waals surface area contributed by atoms with Crippen LogP contribution in [0.2, 0.25) is 0 Å². The maximum absolute atomic E-state index is 12.4. The summed E-state index contributed by atoms with van der Waals surface area (Å²) in [6.45, 7) is 0.132. The fourth-order valence-electron chi connectivity index (χ4n) is 2.59. The monoisotopic (exact) mass is 329 g/mol. The first-order valence-corrected chi connectivity index (χ1v) is 7.23. The third-order valence-corrected chi connectivity index (χ3v) is 3.53. The van der Waals surface area contributed by atoms with Gasteiger partial charge in [0.25, 0.3) is 0 Å². The molecule has 0 aliphatic carbocycles. The first-order chi connectivity index (χ1) is 10.8. The van der Waals surface area contributed by atoms with Gasteiger partial charge in [-0.15, -0.1) is 0 Å². The van der Waals surface area contributed by atoms with E-state index in [4.69, 9.17) is 0 Å². The van der Waals surface area contributed by atoms with Gasteiger partial charge < -0.3 is 15.5 Å². The molecule has 0 aromatic heterocycles. The lowest BCUT2D eigenvalue weighted by molar-refractivity contribution is -0.130. The summed E-state index contributed by atoms with van der Waals surface area (Å²) in [6, 6.07) is 8.22. The standard InChI is InChI=1S/C15H18F3N3O2/c1-10-7-12(20-13(22)8-19-9-15(16,17)18)14(23)21(10)11-5-3-2-4-6-11/h2-6,10,12,19H,7-9H2,1H3,(H,20,22)/t10-,12-/m0/s1. The van der Waals surface area contributed by atoms with E-state index in [1.54, 1.807) is 17.0 Å². The van der Waals surface area contributed by atoms with E-state index in [0.717, 1.165) is 5.69 Å². The molecule has 0 bridgehead atoms. The lowest BCUT2D eigenvalue weighted by Gasteiger charge is -2.21. The molecule has 8 heteroatoms. The lowest BCUT2D eigenvalue weighted by atomic mass is 10.2. The number of hydrogen-bond donors (Lipinski definition) is 2. The van der Waals surface area contributed by atoms with Crippen molar-refractivity contribution in [2.75, 3.05) is 18.0 Å². The van der Waals surface area contributed by atoms with Gasteiger partial charge in [-0.3, -0.25) is 9.59 Å². The number of nitrogens with one attached hydrogen (secondary N) is 2. The molecule has 0 saturated carbocycles. The van der Waals surface area contributed by atoms with E-state index >= 15 is 0 Å². The smallest absolute Gasteiger partial charge is 0.343 e. The Morgan fingerprint density at radius 3 is 2.57 bits per heavy atom. The van der Waals surface area contributed by atoms with Gasteiger partial charge in [-0.1, -0.05) is 18.2 Å². The molecule has 23 heavy (non-hydrogen) atoms. The van der Waals surface area contributed by atoms with Crippen molar-refractivity contribution in [1.29, 1.82) is 0 Å². The lowest BCUT2D eigenvalue weighted by Crippen LogP contribution is -2.46. The van der Waals surface area contributed by atoms with Gasteiger partial charge in [0.2, 0.25) is 11.8 Å². The largest absolute Gasteiger partial charge is 0.401 e. The summed E-state index contributed by atoms with van der Waals surface area (Å²) in [5.74, 6) is -0.886. The summed E-state index contributed by atoms with van der Waals surface area (Å²) in [5, 5.41) is 4.49. The molecule has 1 aromatic rings. The van der Waals surface area contributed by atoms with Gasteiger partial charge in [-0.05, 0) is 25.5 Å². The number of nitrogens with zero attached hydrogens (tertiary/aromatic N) is 1. The highest BCUT2D eigenvalue weighted by atomic mass is 19.4. The number of carbonyl (C=O) groups is 2. The van der Waals surface area contributed by atoms with E-state index in [1.807, 2.05) is 30.4 Å². The highest BCUT2D eigenvalue weighted by Gasteiger charge is 2.38. The molecule has 0 spiro atoms. The second-order valence-corrected chi connectivity index (χ2v) is 5.47. The maximum atomic E-state index is 12.4. The zero-order valence-electron chi connectivity index (χ0n) is 12.6. The second-order valence-electron chi connectivity index (χ2n) is 5.47. The van der Waals surface area contributed by atoms with Crippen LogP contribution in [-0.4, -0.2) is 43.2 Å². The fourth-order valence-corrected chi connectivity index (χ4v) is 2.59. The molecule has 2 N–H and O–H groups in total. The molecule has 1 aromatic carbocycles. The molecule has 126 valence electrons. The quantitative estimate of drug-likeness (QED) is 0.859. The van der Waals surface area contributed by atoms with E-state index < -0.39 is 31.2 Å². The topological polar surface area (TPSA) is 61.4 Å². The number of anilines is 1. The van der Waals surface area contributed by atoms with Crippen LogP contribution in [-0.2, 0) is 9.59 Å². The Labute approximate surface area is 131 Å². The summed E-state index contributed by atoms with van der Waals surface area (Å²) in [6.07, 6.45) is -3.96.